The summed E-state index contributed by atoms with van der Waals surface area (Å²) >= 11 is 0. The zero-order valence-electron chi connectivity index (χ0n) is 16.3. The van der Waals surface area contributed by atoms with E-state index in [1.165, 1.54) is 6.92 Å². The lowest BCUT2D eigenvalue weighted by Crippen LogP contribution is -2.52. The molecule has 0 aromatic heterocycles. The van der Waals surface area contributed by atoms with Gasteiger partial charge in [0.1, 0.15) is 17.2 Å². The fraction of sp³-hybridized carbons (Fsp3) is 0.125. The van der Waals surface area contributed by atoms with Crippen LogP contribution in [0.5, 0.6) is 17.2 Å². The minimum Gasteiger partial charge on any atom is -0.425 e. The van der Waals surface area contributed by atoms with Crippen molar-refractivity contribution in [2.24, 2.45) is 5.41 Å². The zero-order chi connectivity index (χ0) is 21.4. The van der Waals surface area contributed by atoms with Gasteiger partial charge in [0.2, 0.25) is 0 Å². The number of hydrogen-bond donors (Lipinski definition) is 0. The standard InChI is InChI=1S/C24H20O6/c1-2-24(21(25)28-18-12-6-3-7-13-18,22(26)29-19-14-8-4-9-15-19)23(27)30-20-16-10-5-11-17-20/h3-17H,2H2,1H3. The average molecular weight is 404 g/mol. The number of esters is 3. The molecule has 3 rings (SSSR count). The molecule has 0 saturated heterocycles. The molecule has 0 saturated carbocycles. The number of carbonyl (C=O) groups excluding carboxylic acids is 3. The van der Waals surface area contributed by atoms with Crippen LogP contribution in [-0.4, -0.2) is 17.9 Å². The molecular formula is C24H20O6. The van der Waals surface area contributed by atoms with Gasteiger partial charge in [0.25, 0.3) is 5.41 Å². The van der Waals surface area contributed by atoms with Crippen LogP contribution < -0.4 is 14.2 Å². The normalized spacial score (nSPS) is 10.7. The average Bonchev–Trinajstić information content (AvgIpc) is 2.77. The Morgan fingerprint density at radius 2 is 0.833 bits per heavy atom. The molecule has 0 aliphatic rings. The predicted molar refractivity (Wildman–Crippen MR) is 109 cm³/mol. The van der Waals surface area contributed by atoms with E-state index in [0.29, 0.717) is 0 Å². The van der Waals surface area contributed by atoms with Crippen LogP contribution in [0.25, 0.3) is 0 Å². The first kappa shape index (κ1) is 20.8. The van der Waals surface area contributed by atoms with E-state index in [-0.39, 0.29) is 23.7 Å². The maximum absolute atomic E-state index is 13.1. The van der Waals surface area contributed by atoms with Crippen LogP contribution in [0.2, 0.25) is 0 Å². The Balaban J connectivity index is 1.95. The molecule has 3 aromatic rings. The van der Waals surface area contributed by atoms with Gasteiger partial charge in [-0.25, -0.2) is 14.4 Å². The van der Waals surface area contributed by atoms with Crippen LogP contribution in [0, 0.1) is 5.41 Å². The van der Waals surface area contributed by atoms with Crippen molar-refractivity contribution in [3.8, 4) is 17.2 Å². The van der Waals surface area contributed by atoms with Gasteiger partial charge in [0.15, 0.2) is 0 Å². The highest BCUT2D eigenvalue weighted by molar-refractivity contribution is 6.19. The third-order valence-electron chi connectivity index (χ3n) is 4.44. The Kier molecular flexibility index (Phi) is 6.60. The second-order valence-electron chi connectivity index (χ2n) is 6.37. The minimum atomic E-state index is -2.30. The summed E-state index contributed by atoms with van der Waals surface area (Å²) in [5.41, 5.74) is -2.30. The second kappa shape index (κ2) is 9.52. The molecule has 0 atom stereocenters. The molecule has 152 valence electrons. The van der Waals surface area contributed by atoms with Gasteiger partial charge >= 0.3 is 17.9 Å². The monoisotopic (exact) mass is 404 g/mol. The first-order valence-corrected chi connectivity index (χ1v) is 9.38. The highest BCUT2D eigenvalue weighted by Gasteiger charge is 2.57. The van der Waals surface area contributed by atoms with Crippen molar-refractivity contribution in [1.82, 2.24) is 0 Å². The van der Waals surface area contributed by atoms with E-state index in [0.717, 1.165) is 0 Å². The van der Waals surface area contributed by atoms with Gasteiger partial charge in [0, 0.05) is 0 Å². The highest BCUT2D eigenvalue weighted by atomic mass is 16.6. The lowest BCUT2D eigenvalue weighted by Gasteiger charge is -2.26. The lowest BCUT2D eigenvalue weighted by atomic mass is 9.85. The Hall–Kier alpha value is -3.93. The summed E-state index contributed by atoms with van der Waals surface area (Å²) in [6.07, 6.45) is -0.212. The molecule has 0 heterocycles. The molecule has 0 spiro atoms. The van der Waals surface area contributed by atoms with E-state index in [1.807, 2.05) is 0 Å². The summed E-state index contributed by atoms with van der Waals surface area (Å²) in [6.45, 7) is 1.52. The molecule has 0 radical (unpaired) electrons. The highest BCUT2D eigenvalue weighted by Crippen LogP contribution is 2.31. The van der Waals surface area contributed by atoms with Gasteiger partial charge < -0.3 is 14.2 Å². The van der Waals surface area contributed by atoms with Crippen molar-refractivity contribution in [2.45, 2.75) is 13.3 Å². The molecule has 0 fully saturated rings. The van der Waals surface area contributed by atoms with Crippen molar-refractivity contribution in [2.75, 3.05) is 0 Å². The van der Waals surface area contributed by atoms with Gasteiger partial charge in [-0.2, -0.15) is 0 Å². The quantitative estimate of drug-likeness (QED) is 0.334. The smallest absolute Gasteiger partial charge is 0.340 e. The van der Waals surface area contributed by atoms with E-state index in [1.54, 1.807) is 91.0 Å². The van der Waals surface area contributed by atoms with Gasteiger partial charge in [-0.3, -0.25) is 0 Å². The van der Waals surface area contributed by atoms with Crippen molar-refractivity contribution in [3.05, 3.63) is 91.0 Å². The summed E-state index contributed by atoms with van der Waals surface area (Å²) in [5, 5.41) is 0. The van der Waals surface area contributed by atoms with Crippen LogP contribution in [0.15, 0.2) is 91.0 Å². The maximum atomic E-state index is 13.1. The van der Waals surface area contributed by atoms with Crippen LogP contribution in [0.1, 0.15) is 13.3 Å². The van der Waals surface area contributed by atoms with Crippen LogP contribution >= 0.6 is 0 Å². The number of rotatable bonds is 7. The van der Waals surface area contributed by atoms with Crippen molar-refractivity contribution >= 4 is 17.9 Å². The summed E-state index contributed by atoms with van der Waals surface area (Å²) < 4.78 is 16.0. The largest absolute Gasteiger partial charge is 0.425 e. The second-order valence-corrected chi connectivity index (χ2v) is 6.37. The SMILES string of the molecule is CCC(C(=O)Oc1ccccc1)(C(=O)Oc1ccccc1)C(=O)Oc1ccccc1. The van der Waals surface area contributed by atoms with Crippen LogP contribution in [0.3, 0.4) is 0 Å². The molecule has 6 nitrogen and oxygen atoms in total. The molecule has 0 aliphatic heterocycles. The van der Waals surface area contributed by atoms with E-state index >= 15 is 0 Å². The van der Waals surface area contributed by atoms with Gasteiger partial charge in [0.05, 0.1) is 0 Å². The fourth-order valence-corrected chi connectivity index (χ4v) is 2.73. The number of para-hydroxylation sites is 3. The van der Waals surface area contributed by atoms with E-state index in [2.05, 4.69) is 0 Å². The third kappa shape index (κ3) is 4.55. The zero-order valence-corrected chi connectivity index (χ0v) is 16.3. The maximum Gasteiger partial charge on any atom is 0.340 e. The van der Waals surface area contributed by atoms with Crippen LogP contribution in [0.4, 0.5) is 0 Å². The van der Waals surface area contributed by atoms with E-state index < -0.39 is 23.3 Å². The number of benzene rings is 3. The van der Waals surface area contributed by atoms with Crippen molar-refractivity contribution in [1.29, 1.82) is 0 Å². The topological polar surface area (TPSA) is 78.9 Å². The van der Waals surface area contributed by atoms with Crippen molar-refractivity contribution in [3.63, 3.8) is 0 Å². The molecule has 3 aromatic carbocycles. The Morgan fingerprint density at radius 3 is 1.07 bits per heavy atom. The Bertz CT molecular complexity index is 870. The number of hydrogen-bond acceptors (Lipinski definition) is 6. The van der Waals surface area contributed by atoms with Gasteiger partial charge in [-0.1, -0.05) is 61.5 Å². The molecule has 0 aliphatic carbocycles. The molecule has 30 heavy (non-hydrogen) atoms. The molecule has 0 unspecified atom stereocenters. The lowest BCUT2D eigenvalue weighted by molar-refractivity contribution is -0.172. The summed E-state index contributed by atoms with van der Waals surface area (Å²) in [5.74, 6) is -2.63. The van der Waals surface area contributed by atoms with Crippen LogP contribution in [-0.2, 0) is 14.4 Å². The Morgan fingerprint density at radius 1 is 0.567 bits per heavy atom. The number of ether oxygens (including phenoxy) is 3. The molecular weight excluding hydrogens is 384 g/mol. The minimum absolute atomic E-state index is 0.195. The Labute approximate surface area is 174 Å². The van der Waals surface area contributed by atoms with E-state index in [9.17, 15) is 14.4 Å². The third-order valence-corrected chi connectivity index (χ3v) is 4.44. The summed E-state index contributed by atoms with van der Waals surface area (Å²) in [7, 11) is 0. The summed E-state index contributed by atoms with van der Waals surface area (Å²) in [6, 6.07) is 24.5. The van der Waals surface area contributed by atoms with Gasteiger partial charge in [-0.15, -0.1) is 0 Å². The van der Waals surface area contributed by atoms with E-state index in [4.69, 9.17) is 14.2 Å². The molecule has 0 N–H and O–H groups in total. The molecule has 0 amide bonds. The van der Waals surface area contributed by atoms with Gasteiger partial charge in [-0.05, 0) is 42.8 Å². The van der Waals surface area contributed by atoms with Crippen molar-refractivity contribution < 1.29 is 28.6 Å². The molecule has 6 heteroatoms. The molecule has 0 bridgehead atoms. The predicted octanol–water partition coefficient (Wildman–Crippen LogP) is 4.20. The fourth-order valence-electron chi connectivity index (χ4n) is 2.73. The first-order valence-electron chi connectivity index (χ1n) is 9.38. The first-order chi connectivity index (χ1) is 14.6. The number of carbonyl (C=O) groups is 3. The summed E-state index contributed by atoms with van der Waals surface area (Å²) in [4.78, 5) is 39.3.